The van der Waals surface area contributed by atoms with Crippen molar-refractivity contribution < 1.29 is 14.6 Å². The number of benzene rings is 1. The zero-order valence-corrected chi connectivity index (χ0v) is 15.6. The molecule has 0 radical (unpaired) electrons. The summed E-state index contributed by atoms with van der Waals surface area (Å²) in [5, 5.41) is 12.7. The first-order chi connectivity index (χ1) is 12.5. The molecule has 0 aliphatic rings. The number of rotatable bonds is 6. The molecule has 3 aromatic rings. The predicted molar refractivity (Wildman–Crippen MR) is 99.9 cm³/mol. The number of amides is 1. The van der Waals surface area contributed by atoms with Crippen molar-refractivity contribution in [2.45, 2.75) is 23.6 Å². The highest BCUT2D eigenvalue weighted by atomic mass is 35.5. The molecule has 136 valence electrons. The van der Waals surface area contributed by atoms with Gasteiger partial charge in [0.1, 0.15) is 10.5 Å². The standard InChI is InChI=1S/C16H16ClN5O3S/c1-3-11(14(24)20-8-4-5-9(23)10(6-8)25-2)26-15-12-13(19-7-18-12)21-16(17)22-15/h4-7,11,23H,3H2,1-2H3,(H,20,24)(H,18,19,21,22)/t11-/m1/s1. The van der Waals surface area contributed by atoms with Crippen LogP contribution < -0.4 is 10.1 Å². The Morgan fingerprint density at radius 1 is 1.46 bits per heavy atom. The Hall–Kier alpha value is -2.52. The topological polar surface area (TPSA) is 113 Å². The van der Waals surface area contributed by atoms with Gasteiger partial charge in [0.05, 0.1) is 18.7 Å². The summed E-state index contributed by atoms with van der Waals surface area (Å²) in [6.07, 6.45) is 2.08. The molecule has 2 heterocycles. The van der Waals surface area contributed by atoms with Crippen molar-refractivity contribution in [1.29, 1.82) is 0 Å². The molecule has 0 saturated carbocycles. The summed E-state index contributed by atoms with van der Waals surface area (Å²) in [4.78, 5) is 27.9. The molecule has 1 amide bonds. The molecular weight excluding hydrogens is 378 g/mol. The van der Waals surface area contributed by atoms with Gasteiger partial charge in [0.15, 0.2) is 17.1 Å². The quantitative estimate of drug-likeness (QED) is 0.255. The predicted octanol–water partition coefficient (Wildman–Crippen LogP) is 3.23. The lowest BCUT2D eigenvalue weighted by Crippen LogP contribution is -2.24. The van der Waals surface area contributed by atoms with E-state index < -0.39 is 5.25 Å². The van der Waals surface area contributed by atoms with E-state index in [1.165, 1.54) is 31.3 Å². The number of anilines is 1. The van der Waals surface area contributed by atoms with Crippen LogP contribution in [0.1, 0.15) is 13.3 Å². The molecule has 2 aromatic heterocycles. The lowest BCUT2D eigenvalue weighted by atomic mass is 10.2. The van der Waals surface area contributed by atoms with Crippen LogP contribution in [0, 0.1) is 0 Å². The molecule has 0 bridgehead atoms. The van der Waals surface area contributed by atoms with E-state index in [2.05, 4.69) is 25.3 Å². The number of fused-ring (bicyclic) bond motifs is 1. The second-order valence-corrected chi connectivity index (χ2v) is 6.82. The largest absolute Gasteiger partial charge is 0.504 e. The fraction of sp³-hybridized carbons (Fsp3) is 0.250. The average Bonchev–Trinajstić information content (AvgIpc) is 3.09. The monoisotopic (exact) mass is 393 g/mol. The smallest absolute Gasteiger partial charge is 0.237 e. The summed E-state index contributed by atoms with van der Waals surface area (Å²) in [5.41, 5.74) is 1.61. The Labute approximate surface area is 158 Å². The van der Waals surface area contributed by atoms with Crippen LogP contribution in [0.3, 0.4) is 0 Å². The molecule has 0 saturated heterocycles. The normalized spacial score (nSPS) is 12.1. The molecule has 3 N–H and O–H groups in total. The highest BCUT2D eigenvalue weighted by Gasteiger charge is 2.22. The van der Waals surface area contributed by atoms with Crippen molar-refractivity contribution in [2.75, 3.05) is 12.4 Å². The minimum atomic E-state index is -0.410. The Balaban J connectivity index is 1.79. The van der Waals surface area contributed by atoms with E-state index >= 15 is 0 Å². The number of halogens is 1. The molecule has 26 heavy (non-hydrogen) atoms. The van der Waals surface area contributed by atoms with Gasteiger partial charge in [0.2, 0.25) is 11.2 Å². The molecule has 1 atom stereocenters. The molecule has 0 fully saturated rings. The third-order valence-electron chi connectivity index (χ3n) is 3.59. The van der Waals surface area contributed by atoms with Gasteiger partial charge in [-0.15, -0.1) is 0 Å². The van der Waals surface area contributed by atoms with Gasteiger partial charge in [-0.2, -0.15) is 4.98 Å². The lowest BCUT2D eigenvalue weighted by Gasteiger charge is -2.15. The molecule has 1 aromatic carbocycles. The van der Waals surface area contributed by atoms with Gasteiger partial charge in [0.25, 0.3) is 0 Å². The summed E-state index contributed by atoms with van der Waals surface area (Å²) >= 11 is 7.22. The molecule has 0 unspecified atom stereocenters. The maximum Gasteiger partial charge on any atom is 0.237 e. The van der Waals surface area contributed by atoms with Crippen molar-refractivity contribution in [3.05, 3.63) is 29.8 Å². The molecule has 0 aliphatic heterocycles. The number of hydrogen-bond donors (Lipinski definition) is 3. The molecule has 0 spiro atoms. The van der Waals surface area contributed by atoms with E-state index in [1.54, 1.807) is 12.1 Å². The van der Waals surface area contributed by atoms with E-state index in [9.17, 15) is 9.90 Å². The van der Waals surface area contributed by atoms with Gasteiger partial charge in [-0.3, -0.25) is 4.79 Å². The fourth-order valence-corrected chi connectivity index (χ4v) is 3.53. The number of carbonyl (C=O) groups is 1. The zero-order chi connectivity index (χ0) is 18.7. The number of nitrogens with one attached hydrogen (secondary N) is 2. The molecular formula is C16H16ClN5O3S. The van der Waals surface area contributed by atoms with E-state index in [0.29, 0.717) is 28.3 Å². The number of thioether (sulfide) groups is 1. The number of phenolic OH excluding ortho intramolecular Hbond substituents is 1. The fourth-order valence-electron chi connectivity index (χ4n) is 2.30. The summed E-state index contributed by atoms with van der Waals surface area (Å²) in [5.74, 6) is 0.0853. The number of aromatic hydroxyl groups is 1. The van der Waals surface area contributed by atoms with Gasteiger partial charge in [0, 0.05) is 11.8 Å². The van der Waals surface area contributed by atoms with Crippen LogP contribution in [0.25, 0.3) is 11.2 Å². The number of aromatic nitrogens is 4. The summed E-state index contributed by atoms with van der Waals surface area (Å²) in [7, 11) is 1.44. The number of ether oxygens (including phenoxy) is 1. The molecule has 3 rings (SSSR count). The summed E-state index contributed by atoms with van der Waals surface area (Å²) in [6.45, 7) is 1.90. The van der Waals surface area contributed by atoms with Crippen LogP contribution in [0.4, 0.5) is 5.69 Å². The van der Waals surface area contributed by atoms with Gasteiger partial charge < -0.3 is 20.1 Å². The number of aromatic amines is 1. The third-order valence-corrected chi connectivity index (χ3v) is 5.11. The van der Waals surface area contributed by atoms with Gasteiger partial charge in [-0.05, 0) is 30.2 Å². The number of carbonyl (C=O) groups excluding carboxylic acids is 1. The second kappa shape index (κ2) is 7.79. The minimum Gasteiger partial charge on any atom is -0.504 e. The highest BCUT2D eigenvalue weighted by Crippen LogP contribution is 2.32. The number of methoxy groups -OCH3 is 1. The van der Waals surface area contributed by atoms with E-state index in [1.807, 2.05) is 6.92 Å². The van der Waals surface area contributed by atoms with Crippen LogP contribution in [0.15, 0.2) is 29.6 Å². The van der Waals surface area contributed by atoms with Crippen LogP contribution in [0.5, 0.6) is 11.5 Å². The number of nitrogens with zero attached hydrogens (tertiary/aromatic N) is 3. The van der Waals surface area contributed by atoms with E-state index in [0.717, 1.165) is 0 Å². The number of imidazole rings is 1. The van der Waals surface area contributed by atoms with E-state index in [4.69, 9.17) is 16.3 Å². The Bertz CT molecular complexity index is 949. The maximum absolute atomic E-state index is 12.7. The summed E-state index contributed by atoms with van der Waals surface area (Å²) < 4.78 is 5.05. The van der Waals surface area contributed by atoms with Gasteiger partial charge >= 0.3 is 0 Å². The van der Waals surface area contributed by atoms with Crippen molar-refractivity contribution in [3.63, 3.8) is 0 Å². The van der Waals surface area contributed by atoms with Crippen LogP contribution >= 0.6 is 23.4 Å². The Kier molecular flexibility index (Phi) is 5.48. The van der Waals surface area contributed by atoms with Crippen LogP contribution in [0.2, 0.25) is 5.28 Å². The van der Waals surface area contributed by atoms with Gasteiger partial charge in [-0.1, -0.05) is 18.7 Å². The van der Waals surface area contributed by atoms with Crippen molar-refractivity contribution in [3.8, 4) is 11.5 Å². The first-order valence-corrected chi connectivity index (χ1v) is 8.98. The molecule has 0 aliphatic carbocycles. The highest BCUT2D eigenvalue weighted by molar-refractivity contribution is 8.00. The molecule has 10 heteroatoms. The lowest BCUT2D eigenvalue weighted by molar-refractivity contribution is -0.115. The first-order valence-electron chi connectivity index (χ1n) is 7.73. The minimum absolute atomic E-state index is 0.00387. The van der Waals surface area contributed by atoms with Gasteiger partial charge in [-0.25, -0.2) is 9.97 Å². The van der Waals surface area contributed by atoms with Crippen LogP contribution in [-0.4, -0.2) is 43.3 Å². The molecule has 8 nitrogen and oxygen atoms in total. The number of H-pyrrole nitrogens is 1. The SMILES string of the molecule is CC[C@@H](Sc1nc(Cl)nc2nc[nH]c12)C(=O)Nc1ccc(O)c(OC)c1. The maximum atomic E-state index is 12.7. The Morgan fingerprint density at radius 3 is 3.00 bits per heavy atom. The van der Waals surface area contributed by atoms with Crippen LogP contribution in [-0.2, 0) is 4.79 Å². The second-order valence-electron chi connectivity index (χ2n) is 5.29. The zero-order valence-electron chi connectivity index (χ0n) is 14.0. The number of hydrogen-bond acceptors (Lipinski definition) is 7. The summed E-state index contributed by atoms with van der Waals surface area (Å²) in [6, 6.07) is 4.61. The number of phenols is 1. The van der Waals surface area contributed by atoms with E-state index in [-0.39, 0.29) is 22.7 Å². The average molecular weight is 394 g/mol. The van der Waals surface area contributed by atoms with Crippen molar-refractivity contribution in [2.24, 2.45) is 0 Å². The first kappa shape index (κ1) is 18.3. The van der Waals surface area contributed by atoms with Crippen molar-refractivity contribution in [1.82, 2.24) is 19.9 Å². The third kappa shape index (κ3) is 3.83. The Morgan fingerprint density at radius 2 is 2.27 bits per heavy atom. The van der Waals surface area contributed by atoms with Crippen molar-refractivity contribution >= 4 is 46.1 Å².